The fourth-order valence-corrected chi connectivity index (χ4v) is 10.6. The minimum atomic E-state index is -2.27. The third-order valence-electron chi connectivity index (χ3n) is 8.53. The van der Waals surface area contributed by atoms with Crippen LogP contribution in [0.5, 0.6) is 0 Å². The molecule has 8 rings (SSSR count). The van der Waals surface area contributed by atoms with Crippen LogP contribution in [-0.4, -0.2) is 66.9 Å². The van der Waals surface area contributed by atoms with Crippen LogP contribution in [0.3, 0.4) is 0 Å². The topological polar surface area (TPSA) is 158 Å². The van der Waals surface area contributed by atoms with Gasteiger partial charge in [0.15, 0.2) is 9.66 Å². The first-order valence-electron chi connectivity index (χ1n) is 15.9. The molecule has 0 saturated carbocycles. The molecule has 4 aromatic carbocycles. The zero-order valence-electron chi connectivity index (χ0n) is 29.5. The molecule has 0 bridgehead atoms. The quantitative estimate of drug-likeness (QED) is 0.0755. The van der Waals surface area contributed by atoms with Crippen LogP contribution in [0.2, 0.25) is 14.8 Å². The number of non-ortho nitro benzene ring substituents is 2. The summed E-state index contributed by atoms with van der Waals surface area (Å²) in [6.45, 7) is 0. The van der Waals surface area contributed by atoms with E-state index in [4.69, 9.17) is 0 Å². The molecule has 0 radical (unpaired) electrons. The van der Waals surface area contributed by atoms with Gasteiger partial charge in [0, 0.05) is 40.1 Å². The SMILES string of the molecule is Cn1c(I)nc2ccccc21.Cn1n[c]([Sn]([CH3])([CH3])[CH3])c2ccc([N+](=O)[O-])cc21.Cn1nc(-c2nc3ccccc3n2C)c2ccc([N+](=O)[O-])cc21.F.[3HH]. The van der Waals surface area contributed by atoms with Gasteiger partial charge in [-0.2, -0.15) is 5.10 Å². The molecule has 0 amide bonds. The number of para-hydroxylation sites is 4. The second-order valence-electron chi connectivity index (χ2n) is 13.0. The zero-order valence-corrected chi connectivity index (χ0v) is 34.5. The zero-order chi connectivity index (χ0) is 36.8. The van der Waals surface area contributed by atoms with Crippen molar-refractivity contribution < 1.29 is 16.0 Å². The number of benzene rings is 4. The van der Waals surface area contributed by atoms with Crippen LogP contribution in [0.1, 0.15) is 1.43 Å². The standard InChI is InChI=1S/C16H13N5O2.C8H7IN2.C8H6N3O2.3CH3.FH.Sn.H2/c1-19-13-6-4-3-5-12(13)17-16(19)15-11-8-7-10(21(22)23)9-14(11)20(2)18-15;1-11-7-5-3-2-4-6(7)10-8(11)9;1-10-8-4-7(11(12)13)3-2-6(8)5-9-10;;;;;;/h3-9H,1-2H3;2-5H,1H3;2-4H,1H3;3*1H3;1H;;1H/i;;;;;;;;1+2. The van der Waals surface area contributed by atoms with E-state index in [-0.39, 0.29) is 22.4 Å². The number of fused-ring (bicyclic) bond motifs is 4. The van der Waals surface area contributed by atoms with Gasteiger partial charge in [-0.25, -0.2) is 9.97 Å². The first kappa shape index (κ1) is 38.3. The second-order valence-corrected chi connectivity index (χ2v) is 28.2. The fraction of sp³-hybridized carbons (Fsp3) is 0.200. The predicted molar refractivity (Wildman–Crippen MR) is 215 cm³/mol. The number of nitro benzene ring substituents is 2. The van der Waals surface area contributed by atoms with Crippen molar-refractivity contribution in [1.82, 2.24) is 38.7 Å². The van der Waals surface area contributed by atoms with Gasteiger partial charge in [-0.3, -0.25) is 19.5 Å². The van der Waals surface area contributed by atoms with Gasteiger partial charge in [0.1, 0.15) is 5.69 Å². The number of halogens is 2. The Balaban J connectivity index is 0.000000185. The van der Waals surface area contributed by atoms with E-state index in [1.165, 1.54) is 21.4 Å². The van der Waals surface area contributed by atoms with E-state index in [1.54, 1.807) is 34.6 Å². The normalized spacial score (nSPS) is 11.2. The Labute approximate surface area is 316 Å². The average molecular weight is 929 g/mol. The van der Waals surface area contributed by atoms with Gasteiger partial charge < -0.3 is 9.13 Å². The third-order valence-corrected chi connectivity index (χ3v) is 14.6. The molecule has 0 saturated heterocycles. The van der Waals surface area contributed by atoms with Gasteiger partial charge in [-0.1, -0.05) is 24.3 Å². The van der Waals surface area contributed by atoms with Crippen molar-refractivity contribution in [3.8, 4) is 11.5 Å². The summed E-state index contributed by atoms with van der Waals surface area (Å²) in [6.07, 6.45) is 0. The van der Waals surface area contributed by atoms with Crippen LogP contribution >= 0.6 is 22.6 Å². The summed E-state index contributed by atoms with van der Waals surface area (Å²) in [4.78, 5) is 36.8. The number of aryl methyl sites for hydroxylation is 4. The molecular formula is C35H38FIN10O4Sn. The minimum Gasteiger partial charge on any atom is -0.326 e. The molecule has 0 aliphatic heterocycles. The average Bonchev–Trinajstić information content (AvgIpc) is 3.82. The number of nitrogens with zero attached hydrogens (tertiary/aromatic N) is 10. The summed E-state index contributed by atoms with van der Waals surface area (Å²) in [7, 11) is 7.58. The predicted octanol–water partition coefficient (Wildman–Crippen LogP) is 7.64. The molecule has 0 aliphatic rings. The third kappa shape index (κ3) is 7.34. The van der Waals surface area contributed by atoms with Crippen molar-refractivity contribution in [2.75, 3.05) is 0 Å². The minimum absolute atomic E-state index is 0. The van der Waals surface area contributed by atoms with Crippen LogP contribution in [0.4, 0.5) is 16.1 Å². The van der Waals surface area contributed by atoms with Crippen LogP contribution in [-0.2, 0) is 28.2 Å². The Kier molecular flexibility index (Phi) is 11.0. The van der Waals surface area contributed by atoms with E-state index >= 15 is 0 Å². The van der Waals surface area contributed by atoms with Crippen molar-refractivity contribution >= 4 is 99.9 Å². The van der Waals surface area contributed by atoms with Gasteiger partial charge >= 0.3 is 104 Å². The number of hydrogen-bond acceptors (Lipinski definition) is 8. The molecule has 270 valence electrons. The Morgan fingerprint density at radius 2 is 1.13 bits per heavy atom. The molecule has 0 N–H and O–H groups in total. The van der Waals surface area contributed by atoms with Crippen LogP contribution in [0.15, 0.2) is 84.9 Å². The summed E-state index contributed by atoms with van der Waals surface area (Å²) in [5, 5.41) is 32.7. The molecule has 0 atom stereocenters. The van der Waals surface area contributed by atoms with Gasteiger partial charge in [0.2, 0.25) is 0 Å². The van der Waals surface area contributed by atoms with Crippen LogP contribution in [0.25, 0.3) is 55.4 Å². The van der Waals surface area contributed by atoms with Crippen LogP contribution in [0, 0.1) is 24.1 Å². The smallest absolute Gasteiger partial charge is 0.271 e. The van der Waals surface area contributed by atoms with Gasteiger partial charge in [-0.05, 0) is 52.9 Å². The van der Waals surface area contributed by atoms with E-state index in [0.29, 0.717) is 5.52 Å². The number of imidazole rings is 2. The summed E-state index contributed by atoms with van der Waals surface area (Å²) in [5.74, 6) is 0.741. The summed E-state index contributed by atoms with van der Waals surface area (Å²) < 4.78 is 9.67. The number of aromatic nitrogens is 8. The molecule has 14 nitrogen and oxygen atoms in total. The fourth-order valence-electron chi connectivity index (χ4n) is 5.91. The monoisotopic (exact) mass is 930 g/mol. The summed E-state index contributed by atoms with van der Waals surface area (Å²) in [5.41, 5.74) is 6.62. The Morgan fingerprint density at radius 1 is 0.654 bits per heavy atom. The van der Waals surface area contributed by atoms with Crippen molar-refractivity contribution in [2.24, 2.45) is 28.2 Å². The summed E-state index contributed by atoms with van der Waals surface area (Å²) >= 11 is -0.0361. The van der Waals surface area contributed by atoms with Crippen molar-refractivity contribution in [3.63, 3.8) is 0 Å². The Morgan fingerprint density at radius 3 is 1.65 bits per heavy atom. The van der Waals surface area contributed by atoms with Gasteiger partial charge in [0.05, 0.1) is 32.5 Å². The molecule has 52 heavy (non-hydrogen) atoms. The number of rotatable bonds is 4. The molecule has 17 heteroatoms. The van der Waals surface area contributed by atoms with Gasteiger partial charge in [0.25, 0.3) is 5.69 Å². The van der Waals surface area contributed by atoms with Crippen LogP contribution < -0.4 is 3.71 Å². The van der Waals surface area contributed by atoms with E-state index in [9.17, 15) is 20.2 Å². The number of nitro groups is 2. The molecule has 0 spiro atoms. The number of hydrogen-bond donors (Lipinski definition) is 0. The van der Waals surface area contributed by atoms with Gasteiger partial charge in [-0.15, -0.1) is 0 Å². The van der Waals surface area contributed by atoms with E-state index < -0.39 is 23.3 Å². The Hall–Kier alpha value is -4.98. The maximum atomic E-state index is 11.0. The van der Waals surface area contributed by atoms with E-state index in [0.717, 1.165) is 48.2 Å². The second kappa shape index (κ2) is 14.9. The van der Waals surface area contributed by atoms with Crippen molar-refractivity contribution in [3.05, 3.63) is 109 Å². The molecule has 0 aliphatic carbocycles. The molecule has 0 fully saturated rings. The Bertz CT molecular complexity index is 2630. The van der Waals surface area contributed by atoms with E-state index in [1.807, 2.05) is 74.2 Å². The summed E-state index contributed by atoms with van der Waals surface area (Å²) in [6, 6.07) is 25.8. The molecule has 4 heterocycles. The first-order chi connectivity index (χ1) is 24.1. The maximum Gasteiger partial charge on any atom is 0.271 e. The van der Waals surface area contributed by atoms with E-state index in [2.05, 4.69) is 68.2 Å². The molecular weight excluding hydrogens is 889 g/mol. The molecule has 8 aromatic rings. The molecule has 0 unspecified atom stereocenters. The van der Waals surface area contributed by atoms with Crippen molar-refractivity contribution in [2.45, 2.75) is 14.8 Å². The molecule has 4 aromatic heterocycles. The maximum absolute atomic E-state index is 11.0. The first-order valence-corrected chi connectivity index (χ1v) is 26.9. The largest absolute Gasteiger partial charge is 0.326 e. The van der Waals surface area contributed by atoms with Crippen molar-refractivity contribution in [1.29, 1.82) is 0 Å².